The average molecular weight is 368 g/mol. The summed E-state index contributed by atoms with van der Waals surface area (Å²) in [6, 6.07) is 11.2. The fourth-order valence-electron chi connectivity index (χ4n) is 2.01. The van der Waals surface area contributed by atoms with Crippen LogP contribution in [0, 0.1) is 10.1 Å². The number of benzene rings is 2. The standard InChI is InChI=1S/C16H15Cl2N3O3/c17-14-6-1-11(9-15(14)18)10-16(22)20-8-7-19-12-2-4-13(5-3-12)21(23)24/h1-6,9,19H,7-8,10H2,(H,20,22). The molecule has 0 spiro atoms. The van der Waals surface area contributed by atoms with Crippen LogP contribution in [0.25, 0.3) is 0 Å². The van der Waals surface area contributed by atoms with Crippen LogP contribution in [-0.4, -0.2) is 23.9 Å². The Hall–Kier alpha value is -2.31. The summed E-state index contributed by atoms with van der Waals surface area (Å²) in [7, 11) is 0. The van der Waals surface area contributed by atoms with Crippen LogP contribution in [-0.2, 0) is 11.2 Å². The molecule has 0 fully saturated rings. The largest absolute Gasteiger partial charge is 0.383 e. The lowest BCUT2D eigenvalue weighted by Crippen LogP contribution is -2.30. The summed E-state index contributed by atoms with van der Waals surface area (Å²) in [6.45, 7) is 0.933. The number of halogens is 2. The summed E-state index contributed by atoms with van der Waals surface area (Å²) in [4.78, 5) is 22.0. The molecule has 0 aliphatic carbocycles. The molecule has 0 aliphatic heterocycles. The van der Waals surface area contributed by atoms with Gasteiger partial charge in [0.1, 0.15) is 0 Å². The number of hydrogen-bond acceptors (Lipinski definition) is 4. The van der Waals surface area contributed by atoms with Crippen molar-refractivity contribution in [1.82, 2.24) is 5.32 Å². The lowest BCUT2D eigenvalue weighted by atomic mass is 10.1. The highest BCUT2D eigenvalue weighted by Crippen LogP contribution is 2.22. The van der Waals surface area contributed by atoms with E-state index in [4.69, 9.17) is 23.2 Å². The van der Waals surface area contributed by atoms with E-state index in [-0.39, 0.29) is 18.0 Å². The number of amides is 1. The Kier molecular flexibility index (Phi) is 6.40. The zero-order chi connectivity index (χ0) is 17.5. The molecule has 2 rings (SSSR count). The van der Waals surface area contributed by atoms with Gasteiger partial charge in [0.25, 0.3) is 5.69 Å². The molecular weight excluding hydrogens is 353 g/mol. The lowest BCUT2D eigenvalue weighted by Gasteiger charge is -2.08. The van der Waals surface area contributed by atoms with Gasteiger partial charge in [-0.1, -0.05) is 29.3 Å². The first kappa shape index (κ1) is 18.0. The third kappa shape index (κ3) is 5.40. The number of hydrogen-bond donors (Lipinski definition) is 2. The Morgan fingerprint density at radius 3 is 2.38 bits per heavy atom. The van der Waals surface area contributed by atoms with Gasteiger partial charge in [-0.15, -0.1) is 0 Å². The third-order valence-electron chi connectivity index (χ3n) is 3.20. The molecule has 0 saturated carbocycles. The first-order chi connectivity index (χ1) is 11.5. The summed E-state index contributed by atoms with van der Waals surface area (Å²) in [5, 5.41) is 17.3. The maximum atomic E-state index is 11.8. The number of nitrogens with one attached hydrogen (secondary N) is 2. The SMILES string of the molecule is O=C(Cc1ccc(Cl)c(Cl)c1)NCCNc1ccc([N+](=O)[O-])cc1. The molecule has 24 heavy (non-hydrogen) atoms. The maximum Gasteiger partial charge on any atom is 0.269 e. The average Bonchev–Trinajstić information content (AvgIpc) is 2.55. The van der Waals surface area contributed by atoms with Crippen LogP contribution in [0.3, 0.4) is 0 Å². The number of nitro groups is 1. The van der Waals surface area contributed by atoms with Crippen LogP contribution in [0.1, 0.15) is 5.56 Å². The van der Waals surface area contributed by atoms with Crippen molar-refractivity contribution >= 4 is 40.5 Å². The van der Waals surface area contributed by atoms with Crippen LogP contribution in [0.5, 0.6) is 0 Å². The molecular formula is C16H15Cl2N3O3. The second-order valence-corrected chi connectivity index (χ2v) is 5.82. The Bertz CT molecular complexity index is 736. The van der Waals surface area contributed by atoms with E-state index in [2.05, 4.69) is 10.6 Å². The number of rotatable bonds is 7. The zero-order valence-electron chi connectivity index (χ0n) is 12.6. The van der Waals surface area contributed by atoms with Crippen LogP contribution in [0.2, 0.25) is 10.0 Å². The van der Waals surface area contributed by atoms with E-state index in [1.807, 2.05) is 0 Å². The number of non-ortho nitro benzene ring substituents is 1. The normalized spacial score (nSPS) is 10.2. The van der Waals surface area contributed by atoms with E-state index in [0.717, 1.165) is 11.3 Å². The van der Waals surface area contributed by atoms with Crippen molar-refractivity contribution in [3.8, 4) is 0 Å². The molecule has 0 aliphatic rings. The molecule has 2 aromatic carbocycles. The molecule has 0 atom stereocenters. The zero-order valence-corrected chi connectivity index (χ0v) is 14.1. The highest BCUT2D eigenvalue weighted by molar-refractivity contribution is 6.42. The van der Waals surface area contributed by atoms with Crippen molar-refractivity contribution in [1.29, 1.82) is 0 Å². The van der Waals surface area contributed by atoms with Crippen molar-refractivity contribution in [3.63, 3.8) is 0 Å². The third-order valence-corrected chi connectivity index (χ3v) is 3.94. The summed E-state index contributed by atoms with van der Waals surface area (Å²) in [6.07, 6.45) is 0.217. The predicted molar refractivity (Wildman–Crippen MR) is 94.8 cm³/mol. The van der Waals surface area contributed by atoms with Gasteiger partial charge in [-0.25, -0.2) is 0 Å². The number of anilines is 1. The number of carbonyl (C=O) groups is 1. The van der Waals surface area contributed by atoms with Crippen LogP contribution in [0.15, 0.2) is 42.5 Å². The van der Waals surface area contributed by atoms with E-state index in [1.165, 1.54) is 12.1 Å². The Morgan fingerprint density at radius 2 is 1.75 bits per heavy atom. The van der Waals surface area contributed by atoms with Crippen molar-refractivity contribution in [3.05, 3.63) is 68.2 Å². The number of carbonyl (C=O) groups excluding carboxylic acids is 1. The smallest absolute Gasteiger partial charge is 0.269 e. The first-order valence-electron chi connectivity index (χ1n) is 7.14. The van der Waals surface area contributed by atoms with Crippen molar-refractivity contribution in [2.75, 3.05) is 18.4 Å². The summed E-state index contributed by atoms with van der Waals surface area (Å²) in [5.74, 6) is -0.126. The van der Waals surface area contributed by atoms with E-state index in [9.17, 15) is 14.9 Å². The molecule has 2 N–H and O–H groups in total. The van der Waals surface area contributed by atoms with Crippen molar-refractivity contribution in [2.45, 2.75) is 6.42 Å². The first-order valence-corrected chi connectivity index (χ1v) is 7.90. The Labute approximate surface area is 148 Å². The van der Waals surface area contributed by atoms with Gasteiger partial charge in [0, 0.05) is 30.9 Å². The maximum absolute atomic E-state index is 11.8. The summed E-state index contributed by atoms with van der Waals surface area (Å²) < 4.78 is 0. The fourth-order valence-corrected chi connectivity index (χ4v) is 2.33. The van der Waals surface area contributed by atoms with Crippen LogP contribution < -0.4 is 10.6 Å². The van der Waals surface area contributed by atoms with Gasteiger partial charge in [-0.3, -0.25) is 14.9 Å². The van der Waals surface area contributed by atoms with Crippen LogP contribution >= 0.6 is 23.2 Å². The van der Waals surface area contributed by atoms with E-state index < -0.39 is 4.92 Å². The highest BCUT2D eigenvalue weighted by atomic mass is 35.5. The molecule has 8 heteroatoms. The van der Waals surface area contributed by atoms with Gasteiger partial charge in [-0.2, -0.15) is 0 Å². The predicted octanol–water partition coefficient (Wildman–Crippen LogP) is 3.67. The van der Waals surface area contributed by atoms with Gasteiger partial charge < -0.3 is 10.6 Å². The number of nitro benzene ring substituents is 1. The molecule has 0 unspecified atom stereocenters. The minimum atomic E-state index is -0.451. The Balaban J connectivity index is 1.72. The van der Waals surface area contributed by atoms with Gasteiger partial charge >= 0.3 is 0 Å². The topological polar surface area (TPSA) is 84.3 Å². The second-order valence-electron chi connectivity index (χ2n) is 5.01. The molecule has 0 radical (unpaired) electrons. The molecule has 1 amide bonds. The lowest BCUT2D eigenvalue weighted by molar-refractivity contribution is -0.384. The minimum Gasteiger partial charge on any atom is -0.383 e. The van der Waals surface area contributed by atoms with E-state index in [1.54, 1.807) is 30.3 Å². The molecule has 2 aromatic rings. The van der Waals surface area contributed by atoms with Gasteiger partial charge in [-0.05, 0) is 29.8 Å². The van der Waals surface area contributed by atoms with Gasteiger partial charge in [0.15, 0.2) is 0 Å². The quantitative estimate of drug-likeness (QED) is 0.444. The van der Waals surface area contributed by atoms with Crippen LogP contribution in [0.4, 0.5) is 11.4 Å². The van der Waals surface area contributed by atoms with E-state index in [0.29, 0.717) is 23.1 Å². The van der Waals surface area contributed by atoms with Gasteiger partial charge in [0.2, 0.25) is 5.91 Å². The molecule has 126 valence electrons. The highest BCUT2D eigenvalue weighted by Gasteiger charge is 2.06. The minimum absolute atomic E-state index is 0.0375. The second kappa shape index (κ2) is 8.52. The van der Waals surface area contributed by atoms with Gasteiger partial charge in [0.05, 0.1) is 21.4 Å². The Morgan fingerprint density at radius 1 is 1.04 bits per heavy atom. The molecule has 0 aromatic heterocycles. The van der Waals surface area contributed by atoms with E-state index >= 15 is 0 Å². The van der Waals surface area contributed by atoms with Crippen molar-refractivity contribution < 1.29 is 9.72 Å². The molecule has 0 bridgehead atoms. The summed E-state index contributed by atoms with van der Waals surface area (Å²) >= 11 is 11.7. The molecule has 6 nitrogen and oxygen atoms in total. The molecule has 0 saturated heterocycles. The number of nitrogens with zero attached hydrogens (tertiary/aromatic N) is 1. The van der Waals surface area contributed by atoms with Crippen molar-refractivity contribution in [2.24, 2.45) is 0 Å². The monoisotopic (exact) mass is 367 g/mol. The summed E-state index contributed by atoms with van der Waals surface area (Å²) in [5.41, 5.74) is 1.57. The molecule has 0 heterocycles. The fraction of sp³-hybridized carbons (Fsp3) is 0.188.